The molecule has 2 rings (SSSR count). The second-order valence-corrected chi connectivity index (χ2v) is 8.13. The molecule has 0 spiro atoms. The highest BCUT2D eigenvalue weighted by atomic mass is 31.2. The highest BCUT2D eigenvalue weighted by molar-refractivity contribution is 7.51. The van der Waals surface area contributed by atoms with Gasteiger partial charge in [-0.15, -0.1) is 0 Å². The molecule has 0 heterocycles. The Hall–Kier alpha value is 0.01000. The molecule has 0 bridgehead atoms. The van der Waals surface area contributed by atoms with E-state index >= 15 is 0 Å². The fourth-order valence-electron chi connectivity index (χ4n) is 4.06. The van der Waals surface area contributed by atoms with Gasteiger partial charge in [-0.1, -0.05) is 25.7 Å². The van der Waals surface area contributed by atoms with Crippen LogP contribution in [0.5, 0.6) is 0 Å². The summed E-state index contributed by atoms with van der Waals surface area (Å²) in [4.78, 5) is 18.6. The largest absolute Gasteiger partial charge is 0.325 e. The predicted octanol–water partition coefficient (Wildman–Crippen LogP) is 3.84. The molecule has 118 valence electrons. The molecule has 0 aromatic carbocycles. The van der Waals surface area contributed by atoms with Crippen LogP contribution in [0.4, 0.5) is 8.78 Å². The molecule has 4 atom stereocenters. The minimum absolute atomic E-state index is 0.358. The van der Waals surface area contributed by atoms with Crippen molar-refractivity contribution in [1.29, 1.82) is 0 Å². The Bertz CT molecular complexity index is 338. The number of hydrogen-bond acceptors (Lipinski definition) is 1. The highest BCUT2D eigenvalue weighted by Gasteiger charge is 2.43. The first-order valence-corrected chi connectivity index (χ1v) is 9.51. The fraction of sp³-hybridized carbons (Fsp3) is 1.00. The molecule has 3 nitrogen and oxygen atoms in total. The number of halogens is 2. The zero-order valence-electron chi connectivity index (χ0n) is 11.8. The standard InChI is InChI=1S/C14H25F2O3P/c15-13-7-3-1-5-10(13)12(9-20(17,18)19)11-6-2-4-8-14(11)16/h10-14H,1-9H2,(H2,17,18,19). The maximum absolute atomic E-state index is 14.2. The Morgan fingerprint density at radius 2 is 1.30 bits per heavy atom. The summed E-state index contributed by atoms with van der Waals surface area (Å²) in [5.41, 5.74) is 0. The van der Waals surface area contributed by atoms with Crippen LogP contribution in [0.3, 0.4) is 0 Å². The molecule has 0 amide bonds. The lowest BCUT2D eigenvalue weighted by atomic mass is 9.69. The molecule has 2 aliphatic carbocycles. The third kappa shape index (κ3) is 4.25. The van der Waals surface area contributed by atoms with E-state index in [1.54, 1.807) is 0 Å². The Kier molecular flexibility index (Phi) is 5.61. The van der Waals surface area contributed by atoms with Gasteiger partial charge in [0.25, 0.3) is 0 Å². The second kappa shape index (κ2) is 6.85. The topological polar surface area (TPSA) is 57.5 Å². The van der Waals surface area contributed by atoms with Gasteiger partial charge in [0.2, 0.25) is 0 Å². The summed E-state index contributed by atoms with van der Waals surface area (Å²) in [7, 11) is -4.24. The molecule has 2 fully saturated rings. The summed E-state index contributed by atoms with van der Waals surface area (Å²) in [6.07, 6.45) is 3.15. The minimum Gasteiger partial charge on any atom is -0.324 e. The van der Waals surface area contributed by atoms with Crippen LogP contribution >= 0.6 is 7.60 Å². The molecular weight excluding hydrogens is 285 g/mol. The maximum atomic E-state index is 14.2. The first-order valence-electron chi connectivity index (χ1n) is 7.71. The molecule has 2 N–H and O–H groups in total. The quantitative estimate of drug-likeness (QED) is 0.776. The van der Waals surface area contributed by atoms with Gasteiger partial charge in [-0.25, -0.2) is 8.78 Å². The normalized spacial score (nSPS) is 37.6. The van der Waals surface area contributed by atoms with Crippen molar-refractivity contribution >= 4 is 7.60 Å². The Balaban J connectivity index is 2.16. The predicted molar refractivity (Wildman–Crippen MR) is 74.1 cm³/mol. The smallest absolute Gasteiger partial charge is 0.324 e. The van der Waals surface area contributed by atoms with Gasteiger partial charge in [0.05, 0.1) is 6.16 Å². The first-order chi connectivity index (χ1) is 9.38. The number of alkyl halides is 2. The Morgan fingerprint density at radius 1 is 0.900 bits per heavy atom. The van der Waals surface area contributed by atoms with Crippen molar-refractivity contribution in [3.8, 4) is 0 Å². The van der Waals surface area contributed by atoms with Crippen LogP contribution in [0.25, 0.3) is 0 Å². The lowest BCUT2D eigenvalue weighted by Crippen LogP contribution is -2.39. The zero-order valence-corrected chi connectivity index (χ0v) is 12.7. The van der Waals surface area contributed by atoms with Crippen molar-refractivity contribution in [2.24, 2.45) is 17.8 Å². The maximum Gasteiger partial charge on any atom is 0.325 e. The van der Waals surface area contributed by atoms with E-state index in [-0.39, 0.29) is 18.0 Å². The second-order valence-electron chi connectivity index (χ2n) is 6.44. The van der Waals surface area contributed by atoms with E-state index in [4.69, 9.17) is 0 Å². The van der Waals surface area contributed by atoms with Crippen molar-refractivity contribution in [1.82, 2.24) is 0 Å². The lowest BCUT2D eigenvalue weighted by molar-refractivity contribution is 0.0375. The number of rotatable bonds is 4. The van der Waals surface area contributed by atoms with Crippen molar-refractivity contribution in [2.45, 2.75) is 63.7 Å². The van der Waals surface area contributed by atoms with Gasteiger partial charge >= 0.3 is 7.60 Å². The average molecular weight is 310 g/mol. The van der Waals surface area contributed by atoms with E-state index in [1.807, 2.05) is 0 Å². The van der Waals surface area contributed by atoms with Crippen molar-refractivity contribution in [3.05, 3.63) is 0 Å². The van der Waals surface area contributed by atoms with Crippen LogP contribution in [-0.2, 0) is 4.57 Å². The molecule has 0 aromatic heterocycles. The Morgan fingerprint density at radius 3 is 1.65 bits per heavy atom. The van der Waals surface area contributed by atoms with E-state index in [2.05, 4.69) is 0 Å². The summed E-state index contributed by atoms with van der Waals surface area (Å²) < 4.78 is 39.7. The van der Waals surface area contributed by atoms with Crippen molar-refractivity contribution in [2.75, 3.05) is 6.16 Å². The van der Waals surface area contributed by atoms with Crippen LogP contribution in [0, 0.1) is 17.8 Å². The van der Waals surface area contributed by atoms with Gasteiger partial charge in [0.15, 0.2) is 0 Å². The molecule has 0 saturated heterocycles. The SMILES string of the molecule is O=P(O)(O)CC(C1CCCCC1F)C1CCCCC1F. The molecule has 20 heavy (non-hydrogen) atoms. The van der Waals surface area contributed by atoms with Gasteiger partial charge < -0.3 is 9.79 Å². The van der Waals surface area contributed by atoms with Crippen molar-refractivity contribution < 1.29 is 23.1 Å². The van der Waals surface area contributed by atoms with E-state index in [9.17, 15) is 23.1 Å². The van der Waals surface area contributed by atoms with Crippen LogP contribution < -0.4 is 0 Å². The van der Waals surface area contributed by atoms with Gasteiger partial charge in [0.1, 0.15) is 12.3 Å². The molecule has 0 aromatic rings. The van der Waals surface area contributed by atoms with Gasteiger partial charge in [-0.2, -0.15) is 0 Å². The third-order valence-electron chi connectivity index (χ3n) is 5.01. The van der Waals surface area contributed by atoms with Gasteiger partial charge in [0, 0.05) is 0 Å². The summed E-state index contributed by atoms with van der Waals surface area (Å²) in [6, 6.07) is 0. The molecule has 0 radical (unpaired) electrons. The van der Waals surface area contributed by atoms with E-state index in [0.717, 1.165) is 25.7 Å². The van der Waals surface area contributed by atoms with E-state index < -0.39 is 25.9 Å². The van der Waals surface area contributed by atoms with Crippen LogP contribution in [0.1, 0.15) is 51.4 Å². The summed E-state index contributed by atoms with van der Waals surface area (Å²) in [5, 5.41) is 0. The molecule has 4 unspecified atom stereocenters. The van der Waals surface area contributed by atoms with Crippen LogP contribution in [0.15, 0.2) is 0 Å². The fourth-order valence-corrected chi connectivity index (χ4v) is 5.15. The summed E-state index contributed by atoms with van der Waals surface area (Å²) in [5.74, 6) is -1.27. The molecule has 0 aliphatic heterocycles. The van der Waals surface area contributed by atoms with E-state index in [0.29, 0.717) is 25.7 Å². The average Bonchev–Trinajstić information content (AvgIpc) is 2.37. The van der Waals surface area contributed by atoms with Gasteiger partial charge in [-0.05, 0) is 43.4 Å². The highest BCUT2D eigenvalue weighted by Crippen LogP contribution is 2.49. The summed E-state index contributed by atoms with van der Waals surface area (Å²) >= 11 is 0. The van der Waals surface area contributed by atoms with Gasteiger partial charge in [-0.3, -0.25) is 4.57 Å². The van der Waals surface area contributed by atoms with Crippen LogP contribution in [0.2, 0.25) is 0 Å². The first kappa shape index (κ1) is 16.4. The molecule has 6 heteroatoms. The summed E-state index contributed by atoms with van der Waals surface area (Å²) in [6.45, 7) is 0. The number of hydrogen-bond donors (Lipinski definition) is 2. The van der Waals surface area contributed by atoms with Crippen molar-refractivity contribution in [3.63, 3.8) is 0 Å². The third-order valence-corrected chi connectivity index (χ3v) is 5.91. The monoisotopic (exact) mass is 310 g/mol. The lowest BCUT2D eigenvalue weighted by Gasteiger charge is -2.40. The zero-order chi connectivity index (χ0) is 14.8. The molecule has 2 aliphatic rings. The molecular formula is C14H25F2O3P. The Labute approximate surface area is 119 Å². The van der Waals surface area contributed by atoms with Crippen LogP contribution in [-0.4, -0.2) is 28.3 Å². The van der Waals surface area contributed by atoms with E-state index in [1.165, 1.54) is 0 Å². The minimum atomic E-state index is -4.24. The molecule has 2 saturated carbocycles.